The van der Waals surface area contributed by atoms with Crippen LogP contribution in [0.25, 0.3) is 10.9 Å². The highest BCUT2D eigenvalue weighted by Crippen LogP contribution is 2.69. The van der Waals surface area contributed by atoms with E-state index in [0.29, 0.717) is 12.5 Å². The molecule has 2 saturated carbocycles. The summed E-state index contributed by atoms with van der Waals surface area (Å²) < 4.78 is 6.71. The van der Waals surface area contributed by atoms with Crippen LogP contribution in [0.2, 0.25) is 0 Å². The molecule has 0 radical (unpaired) electrons. The van der Waals surface area contributed by atoms with Crippen LogP contribution in [-0.4, -0.2) is 99.0 Å². The minimum absolute atomic E-state index is 0.0513. The number of hydrogen-bond donors (Lipinski definition) is 4. The second kappa shape index (κ2) is 10.6. The van der Waals surface area contributed by atoms with Gasteiger partial charge in [-0.2, -0.15) is 0 Å². The van der Waals surface area contributed by atoms with Gasteiger partial charge in [0.05, 0.1) is 31.5 Å². The van der Waals surface area contributed by atoms with Crippen molar-refractivity contribution in [1.82, 2.24) is 14.8 Å². The number of nitrogens with zero attached hydrogens (tertiary/aromatic N) is 3. The molecule has 5 aliphatic heterocycles. The Balaban J connectivity index is 1.25. The smallest absolute Gasteiger partial charge is 0.125 e. The number of hydroxylamine groups is 1. The molecule has 8 unspecified atom stereocenters. The fraction of sp³-hybridized carbons (Fsp3) is 0.610. The molecule has 2 aliphatic carbocycles. The van der Waals surface area contributed by atoms with Crippen molar-refractivity contribution in [1.29, 1.82) is 0 Å². The van der Waals surface area contributed by atoms with Crippen molar-refractivity contribution in [3.63, 3.8) is 0 Å². The summed E-state index contributed by atoms with van der Waals surface area (Å²) in [5.74, 6) is 1.16. The van der Waals surface area contributed by atoms with E-state index in [0.717, 1.165) is 81.5 Å². The summed E-state index contributed by atoms with van der Waals surface area (Å²) in [6.07, 6.45) is 8.64. The monoisotopic (exact) mass is 680 g/mol. The van der Waals surface area contributed by atoms with Gasteiger partial charge in [0.15, 0.2) is 0 Å². The van der Waals surface area contributed by atoms with E-state index >= 15 is 0 Å². The molecule has 1 aromatic heterocycles. The zero-order valence-corrected chi connectivity index (χ0v) is 29.9. The highest BCUT2D eigenvalue weighted by atomic mass is 16.7. The summed E-state index contributed by atoms with van der Waals surface area (Å²) in [7, 11) is 1.69. The normalized spacial score (nSPS) is 41.2. The van der Waals surface area contributed by atoms with Gasteiger partial charge >= 0.3 is 0 Å². The zero-order chi connectivity index (χ0) is 34.4. The molecule has 10 atom stereocenters. The predicted molar refractivity (Wildman–Crippen MR) is 192 cm³/mol. The molecule has 9 heteroatoms. The zero-order valence-electron chi connectivity index (χ0n) is 29.9. The van der Waals surface area contributed by atoms with E-state index in [2.05, 4.69) is 84.1 Å². The van der Waals surface area contributed by atoms with Crippen LogP contribution in [0.5, 0.6) is 5.75 Å². The molecule has 2 saturated heterocycles. The van der Waals surface area contributed by atoms with E-state index in [1.165, 1.54) is 27.8 Å². The molecular formula is C41H52N4O5. The van der Waals surface area contributed by atoms with Crippen molar-refractivity contribution in [2.24, 2.45) is 11.8 Å². The van der Waals surface area contributed by atoms with Crippen molar-refractivity contribution in [3.8, 4) is 5.75 Å². The van der Waals surface area contributed by atoms with Crippen LogP contribution in [0.15, 0.2) is 48.6 Å². The average Bonchev–Trinajstić information content (AvgIpc) is 3.39. The van der Waals surface area contributed by atoms with Crippen molar-refractivity contribution in [2.75, 3.05) is 38.4 Å². The molecule has 7 aliphatic rings. The van der Waals surface area contributed by atoms with Crippen molar-refractivity contribution in [3.05, 3.63) is 70.9 Å². The Morgan fingerprint density at radius 2 is 1.82 bits per heavy atom. The fourth-order valence-corrected chi connectivity index (χ4v) is 12.9. The van der Waals surface area contributed by atoms with Gasteiger partial charge in [-0.3, -0.25) is 14.6 Å². The number of nitrogens with one attached hydrogen (secondary N) is 1. The number of ether oxygens (including phenoxy) is 1. The Labute approximate surface area is 294 Å². The predicted octanol–water partition coefficient (Wildman–Crippen LogP) is 4.76. The lowest BCUT2D eigenvalue weighted by Crippen LogP contribution is -2.69. The third-order valence-corrected chi connectivity index (χ3v) is 15.0. The van der Waals surface area contributed by atoms with Gasteiger partial charge in [-0.1, -0.05) is 44.2 Å². The maximum atomic E-state index is 12.1. The number of aromatic amines is 1. The summed E-state index contributed by atoms with van der Waals surface area (Å²) >= 11 is 0. The molecule has 6 heterocycles. The molecule has 2 aromatic carbocycles. The molecule has 2 spiro atoms. The number of aliphatic hydroxyl groups excluding tert-OH is 2. The molecule has 10 rings (SSSR count). The third-order valence-electron chi connectivity index (χ3n) is 15.0. The van der Waals surface area contributed by atoms with Gasteiger partial charge in [0.2, 0.25) is 0 Å². The minimum Gasteiger partial charge on any atom is -0.493 e. The van der Waals surface area contributed by atoms with Gasteiger partial charge in [0.25, 0.3) is 0 Å². The second-order valence-corrected chi connectivity index (χ2v) is 16.6. The number of aliphatic hydroxyl groups is 3. The van der Waals surface area contributed by atoms with E-state index in [9.17, 15) is 15.3 Å². The number of anilines is 1. The highest BCUT2D eigenvalue weighted by molar-refractivity contribution is 5.86. The molecule has 50 heavy (non-hydrogen) atoms. The third kappa shape index (κ3) is 3.69. The Morgan fingerprint density at radius 3 is 2.60 bits per heavy atom. The van der Waals surface area contributed by atoms with Crippen molar-refractivity contribution in [2.45, 2.75) is 112 Å². The lowest BCUT2D eigenvalue weighted by molar-refractivity contribution is -0.120. The number of para-hydroxylation sites is 1. The molecule has 0 bridgehead atoms. The van der Waals surface area contributed by atoms with Crippen molar-refractivity contribution >= 4 is 16.6 Å². The van der Waals surface area contributed by atoms with Crippen LogP contribution >= 0.6 is 0 Å². The van der Waals surface area contributed by atoms with Gasteiger partial charge < -0.3 is 25.0 Å². The number of hydrogen-bond acceptors (Lipinski definition) is 8. The standard InChI is InChI=1S/C41H52N4O5/c1-5-38(23-39-21-24(39)22-40(48,6-2)44(39)17-14-26-25-11-8-9-13-30(25)42-35(26)38)29-19-28-31(20-32(29)50-7-3)45(49-4)37-34(47)33(46)27-12-10-16-43-18-15-41(28,37)36(27)43/h8-13,19-20,24,27,33-34,36-37,42,46-48H,5-7,14-18,21-23H2,1-4H3/t24?,27?,33?,34?,36?,37?,38-,39?,40?,41-/m1/s1. The number of piperidine rings is 1. The molecule has 9 nitrogen and oxygen atoms in total. The van der Waals surface area contributed by atoms with Crippen LogP contribution in [0.1, 0.15) is 81.7 Å². The van der Waals surface area contributed by atoms with Crippen LogP contribution in [-0.2, 0) is 22.1 Å². The summed E-state index contributed by atoms with van der Waals surface area (Å²) in [6.45, 7) is 9.65. The topological polar surface area (TPSA) is 105 Å². The van der Waals surface area contributed by atoms with Gasteiger partial charge in [0, 0.05) is 69.6 Å². The number of rotatable bonds is 6. The summed E-state index contributed by atoms with van der Waals surface area (Å²) in [5.41, 5.74) is 5.40. The minimum atomic E-state index is -0.975. The first kappa shape index (κ1) is 31.8. The summed E-state index contributed by atoms with van der Waals surface area (Å²) in [5, 5.41) is 38.9. The lowest BCUT2D eigenvalue weighted by atomic mass is 9.58. The first-order chi connectivity index (χ1) is 24.2. The molecule has 266 valence electrons. The number of H-pyrrole nitrogens is 1. The van der Waals surface area contributed by atoms with Crippen LogP contribution in [0.3, 0.4) is 0 Å². The average molecular weight is 681 g/mol. The summed E-state index contributed by atoms with van der Waals surface area (Å²) in [6, 6.07) is 13.0. The lowest BCUT2D eigenvalue weighted by Gasteiger charge is -2.53. The largest absolute Gasteiger partial charge is 0.493 e. The maximum Gasteiger partial charge on any atom is 0.125 e. The molecule has 4 N–H and O–H groups in total. The van der Waals surface area contributed by atoms with Gasteiger partial charge in [-0.15, -0.1) is 0 Å². The van der Waals surface area contributed by atoms with Gasteiger partial charge in [-0.25, -0.2) is 5.06 Å². The van der Waals surface area contributed by atoms with E-state index < -0.39 is 34.8 Å². The van der Waals surface area contributed by atoms with E-state index in [1.807, 2.05) is 5.06 Å². The first-order valence-electron chi connectivity index (χ1n) is 19.2. The Bertz CT molecular complexity index is 1910. The van der Waals surface area contributed by atoms with Crippen LogP contribution < -0.4 is 9.80 Å². The van der Waals surface area contributed by atoms with E-state index in [-0.39, 0.29) is 17.5 Å². The molecular weight excluding hydrogens is 628 g/mol. The van der Waals surface area contributed by atoms with Crippen LogP contribution in [0, 0.1) is 11.8 Å². The quantitative estimate of drug-likeness (QED) is 0.277. The molecule has 3 aromatic rings. The first-order valence-corrected chi connectivity index (χ1v) is 19.2. The van der Waals surface area contributed by atoms with E-state index in [1.54, 1.807) is 7.11 Å². The number of aromatic nitrogens is 1. The van der Waals surface area contributed by atoms with Gasteiger partial charge in [0.1, 0.15) is 17.6 Å². The Hall–Kier alpha value is -2.92. The number of fused-ring (bicyclic) bond motifs is 4. The Kier molecular flexibility index (Phi) is 6.73. The summed E-state index contributed by atoms with van der Waals surface area (Å²) in [4.78, 5) is 15.2. The highest BCUT2D eigenvalue weighted by Gasteiger charge is 2.72. The fourth-order valence-electron chi connectivity index (χ4n) is 12.9. The van der Waals surface area contributed by atoms with Crippen LogP contribution in [0.4, 0.5) is 5.69 Å². The SMILES string of the molecule is CCOc1cc2c(cc1[C@@]1(CC)CC34CC3CC(O)(CC)N4CCc3c1[nH]c1ccccc31)[C@@]13CCN4CC=CC(C(O)C(O)C1N2OC)C43. The van der Waals surface area contributed by atoms with E-state index in [4.69, 9.17) is 9.57 Å². The second-order valence-electron chi connectivity index (χ2n) is 16.6. The Morgan fingerprint density at radius 1 is 0.980 bits per heavy atom. The van der Waals surface area contributed by atoms with Gasteiger partial charge in [-0.05, 0) is 87.6 Å². The maximum absolute atomic E-state index is 12.1. The molecule has 0 amide bonds. The van der Waals surface area contributed by atoms with Crippen molar-refractivity contribution < 1.29 is 24.9 Å². The number of benzene rings is 2. The molecule has 4 fully saturated rings.